The Hall–Kier alpha value is -1.33. The van der Waals surface area contributed by atoms with Crippen LogP contribution in [0.25, 0.3) is 0 Å². The SMILES string of the molecule is CCN(CC)Cc1ccc(C(=O)NC2COC2)o1. The summed E-state index contributed by atoms with van der Waals surface area (Å²) in [5.41, 5.74) is 0. The number of rotatable bonds is 6. The molecule has 0 atom stereocenters. The maximum absolute atomic E-state index is 11.8. The highest BCUT2D eigenvalue weighted by atomic mass is 16.5. The molecule has 0 spiro atoms. The van der Waals surface area contributed by atoms with Gasteiger partial charge in [-0.05, 0) is 25.2 Å². The second-order valence-corrected chi connectivity index (χ2v) is 4.44. The van der Waals surface area contributed by atoms with E-state index in [-0.39, 0.29) is 11.9 Å². The summed E-state index contributed by atoms with van der Waals surface area (Å²) >= 11 is 0. The summed E-state index contributed by atoms with van der Waals surface area (Å²) in [7, 11) is 0. The van der Waals surface area contributed by atoms with E-state index in [0.29, 0.717) is 19.0 Å². The molecule has 1 saturated heterocycles. The van der Waals surface area contributed by atoms with Gasteiger partial charge >= 0.3 is 0 Å². The summed E-state index contributed by atoms with van der Waals surface area (Å²) in [6, 6.07) is 3.73. The van der Waals surface area contributed by atoms with Crippen LogP contribution in [0.2, 0.25) is 0 Å². The zero-order valence-electron chi connectivity index (χ0n) is 10.9. The number of furan rings is 1. The van der Waals surface area contributed by atoms with Gasteiger partial charge in [-0.25, -0.2) is 0 Å². The minimum absolute atomic E-state index is 0.133. The maximum Gasteiger partial charge on any atom is 0.287 e. The van der Waals surface area contributed by atoms with Crippen LogP contribution in [-0.4, -0.2) is 43.2 Å². The Balaban J connectivity index is 1.90. The zero-order valence-corrected chi connectivity index (χ0v) is 10.9. The molecule has 1 aliphatic heterocycles. The van der Waals surface area contributed by atoms with Crippen molar-refractivity contribution in [2.45, 2.75) is 26.4 Å². The topological polar surface area (TPSA) is 54.7 Å². The molecule has 18 heavy (non-hydrogen) atoms. The normalized spacial score (nSPS) is 15.7. The van der Waals surface area contributed by atoms with Crippen LogP contribution in [0.5, 0.6) is 0 Å². The molecule has 1 N–H and O–H groups in total. The summed E-state index contributed by atoms with van der Waals surface area (Å²) in [5, 5.41) is 2.86. The second kappa shape index (κ2) is 6.02. The zero-order chi connectivity index (χ0) is 13.0. The molecule has 5 nitrogen and oxygen atoms in total. The molecular weight excluding hydrogens is 232 g/mol. The number of amides is 1. The van der Waals surface area contributed by atoms with Crippen molar-refractivity contribution in [1.82, 2.24) is 10.2 Å². The molecule has 1 aliphatic rings. The summed E-state index contributed by atoms with van der Waals surface area (Å²) in [5.74, 6) is 1.05. The van der Waals surface area contributed by atoms with Gasteiger partial charge in [-0.1, -0.05) is 13.8 Å². The Bertz CT molecular complexity index is 395. The third-order valence-electron chi connectivity index (χ3n) is 3.13. The number of ether oxygens (including phenoxy) is 1. The first kappa shape index (κ1) is 13.1. The lowest BCUT2D eigenvalue weighted by molar-refractivity contribution is -0.00393. The Labute approximate surface area is 107 Å². The van der Waals surface area contributed by atoms with E-state index in [9.17, 15) is 4.79 Å². The van der Waals surface area contributed by atoms with Crippen molar-refractivity contribution in [2.75, 3.05) is 26.3 Å². The van der Waals surface area contributed by atoms with Gasteiger partial charge in [-0.2, -0.15) is 0 Å². The van der Waals surface area contributed by atoms with Gasteiger partial charge in [-0.15, -0.1) is 0 Å². The van der Waals surface area contributed by atoms with Crippen molar-refractivity contribution >= 4 is 5.91 Å². The van der Waals surface area contributed by atoms with E-state index in [1.54, 1.807) is 6.07 Å². The van der Waals surface area contributed by atoms with Crippen LogP contribution in [0.4, 0.5) is 0 Å². The summed E-state index contributed by atoms with van der Waals surface area (Å²) < 4.78 is 10.6. The number of hydrogen-bond donors (Lipinski definition) is 1. The van der Waals surface area contributed by atoms with Crippen molar-refractivity contribution in [3.8, 4) is 0 Å². The molecule has 1 aromatic heterocycles. The van der Waals surface area contributed by atoms with E-state index in [4.69, 9.17) is 9.15 Å². The van der Waals surface area contributed by atoms with Crippen molar-refractivity contribution in [3.05, 3.63) is 23.7 Å². The van der Waals surface area contributed by atoms with Gasteiger partial charge < -0.3 is 14.5 Å². The number of carbonyl (C=O) groups excluding carboxylic acids is 1. The average molecular weight is 252 g/mol. The monoisotopic (exact) mass is 252 g/mol. The minimum Gasteiger partial charge on any atom is -0.455 e. The van der Waals surface area contributed by atoms with Gasteiger partial charge in [0.15, 0.2) is 5.76 Å². The van der Waals surface area contributed by atoms with Crippen molar-refractivity contribution < 1.29 is 13.9 Å². The predicted octanol–water partition coefficient (Wildman–Crippen LogP) is 1.25. The molecular formula is C13H20N2O3. The molecule has 5 heteroatoms. The largest absolute Gasteiger partial charge is 0.455 e. The van der Waals surface area contributed by atoms with E-state index < -0.39 is 0 Å². The van der Waals surface area contributed by atoms with Crippen LogP contribution < -0.4 is 5.32 Å². The summed E-state index contributed by atoms with van der Waals surface area (Å²) in [6.45, 7) is 8.09. The third kappa shape index (κ3) is 3.11. The van der Waals surface area contributed by atoms with Gasteiger partial charge in [-0.3, -0.25) is 9.69 Å². The molecule has 1 fully saturated rings. The van der Waals surface area contributed by atoms with E-state index in [1.165, 1.54) is 0 Å². The fourth-order valence-electron chi connectivity index (χ4n) is 1.83. The third-order valence-corrected chi connectivity index (χ3v) is 3.13. The van der Waals surface area contributed by atoms with Gasteiger partial charge in [0.2, 0.25) is 0 Å². The Morgan fingerprint density at radius 3 is 2.67 bits per heavy atom. The molecule has 1 amide bonds. The second-order valence-electron chi connectivity index (χ2n) is 4.44. The molecule has 0 unspecified atom stereocenters. The predicted molar refractivity (Wildman–Crippen MR) is 67.4 cm³/mol. The van der Waals surface area contributed by atoms with E-state index in [1.807, 2.05) is 6.07 Å². The molecule has 0 aromatic carbocycles. The number of carbonyl (C=O) groups is 1. The minimum atomic E-state index is -0.158. The fourth-order valence-corrected chi connectivity index (χ4v) is 1.83. The molecule has 0 bridgehead atoms. The first-order chi connectivity index (χ1) is 8.72. The highest BCUT2D eigenvalue weighted by molar-refractivity contribution is 5.91. The van der Waals surface area contributed by atoms with Crippen molar-refractivity contribution in [3.63, 3.8) is 0 Å². The van der Waals surface area contributed by atoms with E-state index in [2.05, 4.69) is 24.1 Å². The van der Waals surface area contributed by atoms with Gasteiger partial charge in [0.25, 0.3) is 5.91 Å². The Morgan fingerprint density at radius 2 is 2.11 bits per heavy atom. The van der Waals surface area contributed by atoms with Crippen molar-refractivity contribution in [1.29, 1.82) is 0 Å². The van der Waals surface area contributed by atoms with Crippen LogP contribution in [0.1, 0.15) is 30.2 Å². The van der Waals surface area contributed by atoms with E-state index in [0.717, 1.165) is 25.4 Å². The van der Waals surface area contributed by atoms with Crippen LogP contribution in [0.3, 0.4) is 0 Å². The lowest BCUT2D eigenvalue weighted by Gasteiger charge is -2.26. The Morgan fingerprint density at radius 1 is 1.39 bits per heavy atom. The van der Waals surface area contributed by atoms with Crippen LogP contribution >= 0.6 is 0 Å². The number of nitrogens with zero attached hydrogens (tertiary/aromatic N) is 1. The highest BCUT2D eigenvalue weighted by Gasteiger charge is 2.22. The molecule has 0 saturated carbocycles. The first-order valence-electron chi connectivity index (χ1n) is 6.42. The number of nitrogens with one attached hydrogen (secondary N) is 1. The van der Waals surface area contributed by atoms with E-state index >= 15 is 0 Å². The van der Waals surface area contributed by atoms with Crippen LogP contribution in [0, 0.1) is 0 Å². The average Bonchev–Trinajstić information content (AvgIpc) is 2.79. The smallest absolute Gasteiger partial charge is 0.287 e. The Kier molecular flexibility index (Phi) is 4.38. The highest BCUT2D eigenvalue weighted by Crippen LogP contribution is 2.11. The molecule has 100 valence electrons. The van der Waals surface area contributed by atoms with Crippen LogP contribution in [0.15, 0.2) is 16.5 Å². The molecule has 2 heterocycles. The number of hydrogen-bond acceptors (Lipinski definition) is 4. The summed E-state index contributed by atoms with van der Waals surface area (Å²) in [4.78, 5) is 14.0. The molecule has 2 rings (SSSR count). The molecule has 0 aliphatic carbocycles. The lowest BCUT2D eigenvalue weighted by atomic mass is 10.2. The first-order valence-corrected chi connectivity index (χ1v) is 6.42. The van der Waals surface area contributed by atoms with Gasteiger partial charge in [0, 0.05) is 0 Å². The fraction of sp³-hybridized carbons (Fsp3) is 0.615. The van der Waals surface area contributed by atoms with Gasteiger partial charge in [0.05, 0.1) is 25.8 Å². The lowest BCUT2D eigenvalue weighted by Crippen LogP contribution is -2.48. The standard InChI is InChI=1S/C13H20N2O3/c1-3-15(4-2)7-11-5-6-12(18-11)13(16)14-10-8-17-9-10/h5-6,10H,3-4,7-9H2,1-2H3,(H,14,16). The maximum atomic E-state index is 11.8. The van der Waals surface area contributed by atoms with Crippen LogP contribution in [-0.2, 0) is 11.3 Å². The quantitative estimate of drug-likeness (QED) is 0.828. The molecule has 1 aromatic rings. The molecule has 0 radical (unpaired) electrons. The van der Waals surface area contributed by atoms with Gasteiger partial charge in [0.1, 0.15) is 5.76 Å². The summed E-state index contributed by atoms with van der Waals surface area (Å²) in [6.07, 6.45) is 0. The van der Waals surface area contributed by atoms with Crippen molar-refractivity contribution in [2.24, 2.45) is 0 Å².